The number of imidazole rings is 2. The number of H-pyrrole nitrogens is 2. The summed E-state index contributed by atoms with van der Waals surface area (Å²) in [4.78, 5) is 55.5. The van der Waals surface area contributed by atoms with Crippen molar-refractivity contribution in [2.24, 2.45) is 11.8 Å². The van der Waals surface area contributed by atoms with Crippen LogP contribution in [-0.4, -0.2) is 96.6 Å². The van der Waals surface area contributed by atoms with Crippen LogP contribution in [0.5, 0.6) is 0 Å². The van der Waals surface area contributed by atoms with Crippen LogP contribution in [0.15, 0.2) is 48.8 Å². The van der Waals surface area contributed by atoms with E-state index in [9.17, 15) is 24.6 Å². The highest BCUT2D eigenvalue weighted by molar-refractivity contribution is 5.86. The van der Waals surface area contributed by atoms with E-state index in [0.29, 0.717) is 66.5 Å². The van der Waals surface area contributed by atoms with E-state index in [0.717, 1.165) is 6.42 Å². The summed E-state index contributed by atoms with van der Waals surface area (Å²) >= 11 is 0. The fraction of sp³-hybridized carbons (Fsp3) is 0.462. The molecule has 0 aliphatic carbocycles. The molecule has 5 atom stereocenters. The smallest absolute Gasteiger partial charge is 0.407 e. The number of aromatic amines is 2. The van der Waals surface area contributed by atoms with Crippen LogP contribution >= 0.6 is 0 Å². The number of methoxy groups -OCH3 is 1. The molecule has 2 aromatic heterocycles. The van der Waals surface area contributed by atoms with E-state index in [1.807, 2.05) is 18.7 Å². The molecular formula is C39H48F2N8O6. The molecule has 2 saturated heterocycles. The third-order valence-corrected chi connectivity index (χ3v) is 10.6. The van der Waals surface area contributed by atoms with Crippen molar-refractivity contribution in [3.8, 4) is 33.6 Å². The summed E-state index contributed by atoms with van der Waals surface area (Å²) in [6.07, 6.45) is 2.99. The van der Waals surface area contributed by atoms with Crippen LogP contribution in [0, 0.1) is 23.5 Å². The predicted molar refractivity (Wildman–Crippen MR) is 199 cm³/mol. The molecule has 2 aromatic carbocycles. The Morgan fingerprint density at radius 1 is 0.836 bits per heavy atom. The van der Waals surface area contributed by atoms with Crippen LogP contribution in [-0.2, 0) is 9.53 Å². The molecule has 4 aromatic rings. The Bertz CT molecular complexity index is 2020. The number of halogens is 2. The Balaban J connectivity index is 1.16. The molecule has 6 rings (SSSR count). The lowest BCUT2D eigenvalue weighted by molar-refractivity contribution is -0.135. The molecule has 16 heteroatoms. The zero-order chi connectivity index (χ0) is 39.6. The fourth-order valence-corrected chi connectivity index (χ4v) is 7.64. The molecule has 2 unspecified atom stereocenters. The van der Waals surface area contributed by atoms with Gasteiger partial charge >= 0.3 is 12.2 Å². The second kappa shape index (κ2) is 16.6. The lowest BCUT2D eigenvalue weighted by Crippen LogP contribution is -2.54. The molecule has 2 aliphatic rings. The number of nitrogens with zero attached hydrogens (tertiary/aromatic N) is 4. The first kappa shape index (κ1) is 39.3. The highest BCUT2D eigenvalue weighted by atomic mass is 19.1. The number of rotatable bonds is 12. The van der Waals surface area contributed by atoms with Crippen LogP contribution < -0.4 is 10.6 Å². The summed E-state index contributed by atoms with van der Waals surface area (Å²) in [5.74, 6) is -0.711. The van der Waals surface area contributed by atoms with Gasteiger partial charge in [0.2, 0.25) is 5.91 Å². The molecule has 55 heavy (non-hydrogen) atoms. The number of aliphatic hydroxyl groups excluding tert-OH is 1. The molecule has 294 valence electrons. The van der Waals surface area contributed by atoms with E-state index < -0.39 is 48.2 Å². The van der Waals surface area contributed by atoms with Crippen molar-refractivity contribution in [3.05, 3.63) is 72.1 Å². The van der Waals surface area contributed by atoms with E-state index in [1.165, 1.54) is 25.4 Å². The summed E-state index contributed by atoms with van der Waals surface area (Å²) in [7, 11) is 1.27. The Hall–Kier alpha value is -5.35. The van der Waals surface area contributed by atoms with Crippen molar-refractivity contribution in [2.45, 2.75) is 83.8 Å². The number of aromatic nitrogens is 4. The van der Waals surface area contributed by atoms with Crippen molar-refractivity contribution in [3.63, 3.8) is 0 Å². The maximum atomic E-state index is 15.7. The van der Waals surface area contributed by atoms with Crippen LogP contribution in [0.3, 0.4) is 0 Å². The number of aliphatic hydroxyl groups is 1. The lowest BCUT2D eigenvalue weighted by atomic mass is 10.00. The predicted octanol–water partition coefficient (Wildman–Crippen LogP) is 6.20. The molecule has 2 fully saturated rings. The van der Waals surface area contributed by atoms with Gasteiger partial charge in [-0.25, -0.2) is 28.3 Å². The average molecular weight is 763 g/mol. The summed E-state index contributed by atoms with van der Waals surface area (Å²) in [5.41, 5.74) is 2.32. The molecule has 0 bridgehead atoms. The highest BCUT2D eigenvalue weighted by Crippen LogP contribution is 2.37. The first-order valence-electron chi connectivity index (χ1n) is 18.6. The maximum absolute atomic E-state index is 15.7. The maximum Gasteiger partial charge on any atom is 0.407 e. The van der Waals surface area contributed by atoms with Gasteiger partial charge in [-0.2, -0.15) is 0 Å². The zero-order valence-electron chi connectivity index (χ0n) is 31.5. The standard InChI is InChI=1S/C39H48F2N8O6/c1-20(2)32(46-38(52)53)36(50)48-14-6-8-30(48)34-42-18-28(44-34)24-12-10-22(16-26(24)40)23-11-13-25(27(41)17-23)29-19-43-35(45-29)31-9-7-15-49(31)37(51)33(21(3)4)47-39(54)55-5/h10-13,16-21,30-33,37,46,51H,6-9,14-15H2,1-5H3,(H,42,44)(H,43,45)(H,47,54)(H,52,53)/t30-,31?,32-,33-,37?/m0/s1. The second-order valence-electron chi connectivity index (χ2n) is 14.8. The van der Waals surface area contributed by atoms with Crippen molar-refractivity contribution in [1.29, 1.82) is 0 Å². The first-order chi connectivity index (χ1) is 26.3. The number of nitrogens with one attached hydrogen (secondary N) is 4. The van der Waals surface area contributed by atoms with E-state index in [4.69, 9.17) is 4.74 Å². The number of carbonyl (C=O) groups is 3. The summed E-state index contributed by atoms with van der Waals surface area (Å²) < 4.78 is 36.1. The molecule has 6 N–H and O–H groups in total. The molecular weight excluding hydrogens is 714 g/mol. The van der Waals surface area contributed by atoms with E-state index in [-0.39, 0.29) is 34.9 Å². The SMILES string of the molecule is COC(=O)N[C@@H](C(C)C)C(O)N1CCCC1c1ncc(-c2ccc(-c3ccc(-c4cnc([C@@H]5CCCN5C(=O)[C@@H](NC(=O)O)C(C)C)[nH]4)c(F)c3)cc2F)[nH]1. The molecule has 0 spiro atoms. The first-order valence-corrected chi connectivity index (χ1v) is 18.6. The number of ether oxygens (including phenoxy) is 1. The van der Waals surface area contributed by atoms with Gasteiger partial charge in [0.25, 0.3) is 0 Å². The number of carboxylic acid groups (broad SMARTS) is 1. The largest absolute Gasteiger partial charge is 0.465 e. The Morgan fingerprint density at radius 3 is 1.89 bits per heavy atom. The van der Waals surface area contributed by atoms with E-state index in [2.05, 4.69) is 30.6 Å². The molecule has 4 heterocycles. The summed E-state index contributed by atoms with van der Waals surface area (Å²) in [6, 6.07) is 7.07. The molecule has 2 aliphatic heterocycles. The van der Waals surface area contributed by atoms with Crippen molar-refractivity contribution in [2.75, 3.05) is 20.2 Å². The summed E-state index contributed by atoms with van der Waals surface area (Å²) in [5, 5.41) is 25.6. The third kappa shape index (κ3) is 8.34. The monoisotopic (exact) mass is 762 g/mol. The van der Waals surface area contributed by atoms with Gasteiger partial charge in [0.1, 0.15) is 35.6 Å². The minimum absolute atomic E-state index is 0.0837. The van der Waals surface area contributed by atoms with E-state index >= 15 is 8.78 Å². The Kier molecular flexibility index (Phi) is 11.9. The van der Waals surface area contributed by atoms with Crippen LogP contribution in [0.25, 0.3) is 33.6 Å². The second-order valence-corrected chi connectivity index (χ2v) is 14.8. The Labute approximate surface area is 317 Å². The number of likely N-dealkylation sites (tertiary alicyclic amines) is 2. The highest BCUT2D eigenvalue weighted by Gasteiger charge is 2.39. The normalized spacial score (nSPS) is 19.1. The van der Waals surface area contributed by atoms with Gasteiger partial charge in [0.15, 0.2) is 0 Å². The topological polar surface area (TPSA) is 189 Å². The van der Waals surface area contributed by atoms with Crippen LogP contribution in [0.2, 0.25) is 0 Å². The van der Waals surface area contributed by atoms with Gasteiger partial charge < -0.3 is 40.5 Å². The van der Waals surface area contributed by atoms with Crippen molar-refractivity contribution in [1.82, 2.24) is 40.4 Å². The molecule has 0 radical (unpaired) electrons. The third-order valence-electron chi connectivity index (χ3n) is 10.6. The van der Waals surface area contributed by atoms with Gasteiger partial charge in [-0.1, -0.05) is 39.8 Å². The zero-order valence-corrected chi connectivity index (χ0v) is 31.5. The van der Waals surface area contributed by atoms with Gasteiger partial charge in [0.05, 0.1) is 49.0 Å². The van der Waals surface area contributed by atoms with Crippen molar-refractivity contribution >= 4 is 18.1 Å². The molecule has 0 saturated carbocycles. The number of amides is 3. The molecule has 14 nitrogen and oxygen atoms in total. The average Bonchev–Trinajstić information content (AvgIpc) is 3.98. The van der Waals surface area contributed by atoms with Gasteiger partial charge in [0, 0.05) is 24.2 Å². The minimum atomic E-state index is -1.27. The molecule has 3 amide bonds. The minimum Gasteiger partial charge on any atom is -0.465 e. The van der Waals surface area contributed by atoms with Gasteiger partial charge in [-0.05, 0) is 72.9 Å². The number of hydrogen-bond donors (Lipinski definition) is 6. The quantitative estimate of drug-likeness (QED) is 0.0976. The summed E-state index contributed by atoms with van der Waals surface area (Å²) in [6.45, 7) is 8.38. The van der Waals surface area contributed by atoms with Gasteiger partial charge in [-0.3, -0.25) is 9.69 Å². The number of benzene rings is 2. The van der Waals surface area contributed by atoms with Crippen molar-refractivity contribution < 1.29 is 38.1 Å². The Morgan fingerprint density at radius 2 is 1.38 bits per heavy atom. The lowest BCUT2D eigenvalue weighted by Gasteiger charge is -2.35. The number of alkyl carbamates (subject to hydrolysis) is 1. The van der Waals surface area contributed by atoms with Gasteiger partial charge in [-0.15, -0.1) is 0 Å². The van der Waals surface area contributed by atoms with Crippen LogP contribution in [0.1, 0.15) is 77.1 Å². The van der Waals surface area contributed by atoms with Crippen LogP contribution in [0.4, 0.5) is 18.4 Å². The fourth-order valence-electron chi connectivity index (χ4n) is 7.64. The number of hydrogen-bond acceptors (Lipinski definition) is 8. The van der Waals surface area contributed by atoms with E-state index in [1.54, 1.807) is 49.2 Å². The number of carbonyl (C=O) groups excluding carboxylic acids is 2.